The molecule has 6 nitrogen and oxygen atoms in total. The molecule has 0 bridgehead atoms. The van der Waals surface area contributed by atoms with Crippen molar-refractivity contribution >= 4 is 17.6 Å². The molecule has 1 aliphatic carbocycles. The van der Waals surface area contributed by atoms with Crippen molar-refractivity contribution in [3.05, 3.63) is 71.3 Å². The molecule has 4 rings (SSSR count). The van der Waals surface area contributed by atoms with Crippen LogP contribution in [0.1, 0.15) is 47.7 Å². The van der Waals surface area contributed by atoms with E-state index in [1.807, 2.05) is 6.92 Å². The molecular weight excluding hydrogens is 454 g/mol. The average Bonchev–Trinajstić information content (AvgIpc) is 3.45. The summed E-state index contributed by atoms with van der Waals surface area (Å²) < 4.78 is 54.8. The van der Waals surface area contributed by atoms with Gasteiger partial charge in [0.2, 0.25) is 5.91 Å². The Labute approximate surface area is 192 Å². The third-order valence-electron chi connectivity index (χ3n) is 5.90. The molecule has 1 saturated carbocycles. The van der Waals surface area contributed by atoms with Crippen LogP contribution in [0.4, 0.5) is 23.2 Å². The highest BCUT2D eigenvalue weighted by atomic mass is 19.4. The van der Waals surface area contributed by atoms with E-state index in [0.717, 1.165) is 18.6 Å². The second-order valence-electron chi connectivity index (χ2n) is 8.29. The van der Waals surface area contributed by atoms with Crippen LogP contribution >= 0.6 is 0 Å². The average molecular weight is 475 g/mol. The molecule has 2 N–H and O–H groups in total. The predicted molar refractivity (Wildman–Crippen MR) is 116 cm³/mol. The molecule has 1 aliphatic rings. The summed E-state index contributed by atoms with van der Waals surface area (Å²) in [6, 6.07) is 6.50. The minimum atomic E-state index is -4.69. The number of anilines is 1. The summed E-state index contributed by atoms with van der Waals surface area (Å²) in [6.07, 6.45) is -0.0128. The number of aromatic nitrogens is 2. The fourth-order valence-corrected chi connectivity index (χ4v) is 3.98. The van der Waals surface area contributed by atoms with E-state index in [2.05, 4.69) is 10.4 Å². The monoisotopic (exact) mass is 475 g/mol. The van der Waals surface area contributed by atoms with Gasteiger partial charge in [-0.15, -0.1) is 0 Å². The molecule has 34 heavy (non-hydrogen) atoms. The maximum atomic E-state index is 14.5. The highest BCUT2D eigenvalue weighted by Crippen LogP contribution is 2.50. The quantitative estimate of drug-likeness (QED) is 0.443. The fraction of sp³-hybridized carbons (Fsp3) is 0.292. The first-order valence-electron chi connectivity index (χ1n) is 10.6. The first kappa shape index (κ1) is 23.5. The number of benzene rings is 2. The molecule has 0 radical (unpaired) electrons. The molecule has 1 amide bonds. The second-order valence-corrected chi connectivity index (χ2v) is 8.29. The van der Waals surface area contributed by atoms with Crippen molar-refractivity contribution in [2.24, 2.45) is 0 Å². The molecule has 178 valence electrons. The summed E-state index contributed by atoms with van der Waals surface area (Å²) in [4.78, 5) is 24.9. The van der Waals surface area contributed by atoms with Crippen molar-refractivity contribution in [3.63, 3.8) is 0 Å². The number of hydrogen-bond donors (Lipinski definition) is 2. The van der Waals surface area contributed by atoms with E-state index in [-0.39, 0.29) is 29.7 Å². The molecule has 0 atom stereocenters. The zero-order chi connectivity index (χ0) is 24.7. The van der Waals surface area contributed by atoms with Crippen molar-refractivity contribution < 1.29 is 32.3 Å². The van der Waals surface area contributed by atoms with Crippen molar-refractivity contribution in [2.75, 3.05) is 5.32 Å². The topological polar surface area (TPSA) is 84.2 Å². The Morgan fingerprint density at radius 3 is 2.50 bits per heavy atom. The van der Waals surface area contributed by atoms with Gasteiger partial charge in [0, 0.05) is 29.6 Å². The van der Waals surface area contributed by atoms with Crippen LogP contribution in [0.3, 0.4) is 0 Å². The molecule has 0 saturated heterocycles. The standard InChI is InChI=1S/C24H21F4N3O3/c1-2-9-31-13-14(12-29-31)17-5-4-16(11-18(17)21(32)33)30-22(34)23(7-8-23)19-6-3-15(10-20(19)25)24(26,27)28/h3-6,10-13H,2,7-9H2,1H3,(H,30,34)(H,32,33). The lowest BCUT2D eigenvalue weighted by Crippen LogP contribution is -2.29. The Kier molecular flexibility index (Phi) is 5.93. The number of carbonyl (C=O) groups is 2. The molecule has 0 unspecified atom stereocenters. The van der Waals surface area contributed by atoms with Crippen LogP contribution in [0.25, 0.3) is 11.1 Å². The van der Waals surface area contributed by atoms with E-state index in [0.29, 0.717) is 23.7 Å². The molecule has 0 spiro atoms. The summed E-state index contributed by atoms with van der Waals surface area (Å²) in [5, 5.41) is 16.5. The van der Waals surface area contributed by atoms with Crippen LogP contribution in [-0.4, -0.2) is 26.8 Å². The molecule has 1 aromatic heterocycles. The van der Waals surface area contributed by atoms with Gasteiger partial charge < -0.3 is 10.4 Å². The number of carboxylic acids is 1. The van der Waals surface area contributed by atoms with E-state index in [9.17, 15) is 32.3 Å². The summed E-state index contributed by atoms with van der Waals surface area (Å²) in [5.41, 5.74) is -1.38. The first-order chi connectivity index (χ1) is 16.0. The van der Waals surface area contributed by atoms with Crippen LogP contribution < -0.4 is 5.32 Å². The van der Waals surface area contributed by atoms with Crippen molar-refractivity contribution in [3.8, 4) is 11.1 Å². The number of aryl methyl sites for hydroxylation is 1. The van der Waals surface area contributed by atoms with Gasteiger partial charge in [-0.1, -0.05) is 19.1 Å². The van der Waals surface area contributed by atoms with Gasteiger partial charge in [0.15, 0.2) is 0 Å². The maximum Gasteiger partial charge on any atom is 0.416 e. The predicted octanol–water partition coefficient (Wildman–Crippen LogP) is 5.49. The number of hydrogen-bond acceptors (Lipinski definition) is 3. The lowest BCUT2D eigenvalue weighted by molar-refractivity contribution is -0.137. The molecular formula is C24H21F4N3O3. The lowest BCUT2D eigenvalue weighted by Gasteiger charge is -2.18. The third kappa shape index (κ3) is 4.40. The number of nitrogens with one attached hydrogen (secondary N) is 1. The van der Waals surface area contributed by atoms with Crippen LogP contribution in [-0.2, 0) is 22.9 Å². The smallest absolute Gasteiger partial charge is 0.416 e. The summed E-state index contributed by atoms with van der Waals surface area (Å²) in [6.45, 7) is 2.67. The van der Waals surface area contributed by atoms with E-state index < -0.39 is 34.8 Å². The lowest BCUT2D eigenvalue weighted by atomic mass is 9.93. The zero-order valence-electron chi connectivity index (χ0n) is 18.1. The first-order valence-corrected chi connectivity index (χ1v) is 10.6. The van der Waals surface area contributed by atoms with Crippen LogP contribution in [0.15, 0.2) is 48.8 Å². The Hall–Kier alpha value is -3.69. The summed E-state index contributed by atoms with van der Waals surface area (Å²) >= 11 is 0. The highest BCUT2D eigenvalue weighted by Gasteiger charge is 2.53. The zero-order valence-corrected chi connectivity index (χ0v) is 18.1. The number of halogens is 4. The summed E-state index contributed by atoms with van der Waals surface area (Å²) in [7, 11) is 0. The van der Waals surface area contributed by atoms with E-state index in [4.69, 9.17) is 0 Å². The molecule has 0 aliphatic heterocycles. The van der Waals surface area contributed by atoms with Crippen molar-refractivity contribution in [1.29, 1.82) is 0 Å². The van der Waals surface area contributed by atoms with Crippen molar-refractivity contribution in [1.82, 2.24) is 9.78 Å². The molecule has 10 heteroatoms. The van der Waals surface area contributed by atoms with Gasteiger partial charge in [-0.2, -0.15) is 18.3 Å². The van der Waals surface area contributed by atoms with Gasteiger partial charge in [0.05, 0.1) is 22.7 Å². The minimum absolute atomic E-state index is 0.0561. The highest BCUT2D eigenvalue weighted by molar-refractivity contribution is 6.03. The number of alkyl halides is 3. The number of carboxylic acid groups (broad SMARTS) is 1. The fourth-order valence-electron chi connectivity index (χ4n) is 3.98. The molecule has 1 heterocycles. The molecule has 3 aromatic rings. The maximum absolute atomic E-state index is 14.5. The van der Waals surface area contributed by atoms with E-state index in [1.165, 1.54) is 12.1 Å². The van der Waals surface area contributed by atoms with Crippen LogP contribution in [0.5, 0.6) is 0 Å². The van der Waals surface area contributed by atoms with Gasteiger partial charge in [-0.3, -0.25) is 9.48 Å². The van der Waals surface area contributed by atoms with Gasteiger partial charge in [0.25, 0.3) is 0 Å². The van der Waals surface area contributed by atoms with E-state index in [1.54, 1.807) is 23.1 Å². The Balaban J connectivity index is 1.59. The van der Waals surface area contributed by atoms with Gasteiger partial charge in [0.1, 0.15) is 5.82 Å². The minimum Gasteiger partial charge on any atom is -0.478 e. The van der Waals surface area contributed by atoms with E-state index >= 15 is 0 Å². The number of amides is 1. The Bertz CT molecular complexity index is 1260. The second kappa shape index (κ2) is 8.58. The number of carbonyl (C=O) groups excluding carboxylic acids is 1. The van der Waals surface area contributed by atoms with Crippen molar-refractivity contribution in [2.45, 2.75) is 44.3 Å². The van der Waals surface area contributed by atoms with Gasteiger partial charge in [-0.05, 0) is 49.1 Å². The number of aromatic carboxylic acids is 1. The molecule has 1 fully saturated rings. The third-order valence-corrected chi connectivity index (χ3v) is 5.90. The Morgan fingerprint density at radius 2 is 1.91 bits per heavy atom. The summed E-state index contributed by atoms with van der Waals surface area (Å²) in [5.74, 6) is -2.91. The van der Waals surface area contributed by atoms with Gasteiger partial charge >= 0.3 is 12.1 Å². The Morgan fingerprint density at radius 1 is 1.18 bits per heavy atom. The number of nitrogens with zero attached hydrogens (tertiary/aromatic N) is 2. The molecule has 2 aromatic carbocycles. The number of rotatable bonds is 7. The van der Waals surface area contributed by atoms with Crippen LogP contribution in [0.2, 0.25) is 0 Å². The normalized spacial score (nSPS) is 14.6. The van der Waals surface area contributed by atoms with Gasteiger partial charge in [-0.25, -0.2) is 9.18 Å². The SMILES string of the molecule is CCCn1cc(-c2ccc(NC(=O)C3(c4ccc(C(F)(F)F)cc4F)CC3)cc2C(=O)O)cn1. The van der Waals surface area contributed by atoms with Crippen LogP contribution in [0, 0.1) is 5.82 Å². The largest absolute Gasteiger partial charge is 0.478 e.